The molecule has 1 aliphatic carbocycles. The van der Waals surface area contributed by atoms with Crippen LogP contribution in [0.4, 0.5) is 0 Å². The van der Waals surface area contributed by atoms with Crippen LogP contribution >= 0.6 is 23.1 Å². The summed E-state index contributed by atoms with van der Waals surface area (Å²) in [6.45, 7) is 4.02. The first kappa shape index (κ1) is 38.3. The topological polar surface area (TPSA) is 129 Å². The first-order chi connectivity index (χ1) is 20.5. The molecule has 1 heterocycles. The number of rotatable bonds is 18. The molecule has 0 amide bonds. The summed E-state index contributed by atoms with van der Waals surface area (Å²) in [5.41, 5.74) is 1.28. The Balaban J connectivity index is 0.000000465. The van der Waals surface area contributed by atoms with Crippen LogP contribution < -0.4 is 0 Å². The molecule has 0 aliphatic heterocycles. The molecule has 0 saturated heterocycles. The molecule has 0 aromatic carbocycles. The van der Waals surface area contributed by atoms with E-state index in [-0.39, 0.29) is 24.0 Å². The average Bonchev–Trinajstić information content (AvgIpc) is 3.30. The van der Waals surface area contributed by atoms with Gasteiger partial charge in [0.2, 0.25) is 0 Å². The van der Waals surface area contributed by atoms with Crippen molar-refractivity contribution in [1.29, 1.82) is 0 Å². The fourth-order valence-electron chi connectivity index (χ4n) is 4.88. The van der Waals surface area contributed by atoms with Crippen LogP contribution in [-0.4, -0.2) is 45.3 Å². The highest BCUT2D eigenvalue weighted by atomic mass is 32.2. The lowest BCUT2D eigenvalue weighted by Crippen LogP contribution is -2.27. The van der Waals surface area contributed by atoms with Crippen LogP contribution in [0.5, 0.6) is 0 Å². The van der Waals surface area contributed by atoms with Crippen LogP contribution in [-0.2, 0) is 16.0 Å². The summed E-state index contributed by atoms with van der Waals surface area (Å²) in [4.78, 5) is 44.4. The Morgan fingerprint density at radius 2 is 1.19 bits per heavy atom. The standard InChI is InChI=1S/C22H34O4.C12H14O3S2/c23-21(24)19-17-15-13-11-9-7-5-3-1-2-4-6-8-10-12-14-16-18-20-22(25)26;1-12(2)4-6-8(7(13)5-12)11(16-3)17-9(6)10(14)15/h5-20H2,(H,23,24)(H,25,26);4-5H2,1-3H3,(H,14,15). The van der Waals surface area contributed by atoms with Gasteiger partial charge in [-0.05, 0) is 61.2 Å². The molecular weight excluding hydrogens is 585 g/mol. The number of unbranched alkanes of at least 4 members (excludes halogenated alkanes) is 12. The van der Waals surface area contributed by atoms with Crippen molar-refractivity contribution >= 4 is 46.8 Å². The van der Waals surface area contributed by atoms with Gasteiger partial charge in [-0.1, -0.05) is 77.1 Å². The van der Waals surface area contributed by atoms with E-state index in [0.717, 1.165) is 99.7 Å². The number of thioether (sulfide) groups is 1. The van der Waals surface area contributed by atoms with Crippen LogP contribution in [0.3, 0.4) is 0 Å². The molecule has 9 heteroatoms. The number of hydrogen-bond donors (Lipinski definition) is 3. The highest BCUT2D eigenvalue weighted by Crippen LogP contribution is 2.44. The first-order valence-electron chi connectivity index (χ1n) is 15.3. The third kappa shape index (κ3) is 17.2. The van der Waals surface area contributed by atoms with Gasteiger partial charge in [0.05, 0.1) is 4.21 Å². The van der Waals surface area contributed by atoms with Crippen LogP contribution in [0.1, 0.15) is 149 Å². The van der Waals surface area contributed by atoms with Crippen molar-refractivity contribution in [2.24, 2.45) is 5.41 Å². The highest BCUT2D eigenvalue weighted by molar-refractivity contribution is 8.00. The summed E-state index contributed by atoms with van der Waals surface area (Å²) in [5.74, 6) is 9.76. The lowest BCUT2D eigenvalue weighted by molar-refractivity contribution is -0.138. The zero-order valence-corrected chi connectivity index (χ0v) is 27.7. The van der Waals surface area contributed by atoms with E-state index in [4.69, 9.17) is 10.2 Å². The largest absolute Gasteiger partial charge is 0.481 e. The second kappa shape index (κ2) is 21.9. The van der Waals surface area contributed by atoms with Gasteiger partial charge < -0.3 is 15.3 Å². The number of carbonyl (C=O) groups is 4. The average molecular weight is 633 g/mol. The smallest absolute Gasteiger partial charge is 0.346 e. The number of aromatic carboxylic acids is 1. The predicted molar refractivity (Wildman–Crippen MR) is 174 cm³/mol. The summed E-state index contributed by atoms with van der Waals surface area (Å²) in [5, 5.41) is 26.3. The molecule has 0 bridgehead atoms. The van der Waals surface area contributed by atoms with Gasteiger partial charge in [0, 0.05) is 37.7 Å². The van der Waals surface area contributed by atoms with Crippen LogP contribution in [0.15, 0.2) is 4.21 Å². The minimum atomic E-state index is -0.919. The molecule has 0 unspecified atom stereocenters. The van der Waals surface area contributed by atoms with Crippen molar-refractivity contribution in [3.8, 4) is 23.7 Å². The third-order valence-corrected chi connectivity index (χ3v) is 9.39. The van der Waals surface area contributed by atoms with Gasteiger partial charge >= 0.3 is 17.9 Å². The van der Waals surface area contributed by atoms with Crippen molar-refractivity contribution in [2.75, 3.05) is 6.26 Å². The van der Waals surface area contributed by atoms with E-state index in [1.54, 1.807) is 0 Å². The minimum absolute atomic E-state index is 0.0874. The Bertz CT molecular complexity index is 1130. The lowest BCUT2D eigenvalue weighted by Gasteiger charge is -2.29. The van der Waals surface area contributed by atoms with Crippen molar-refractivity contribution in [3.63, 3.8) is 0 Å². The highest BCUT2D eigenvalue weighted by Gasteiger charge is 2.37. The second-order valence-electron chi connectivity index (χ2n) is 11.7. The summed E-state index contributed by atoms with van der Waals surface area (Å²) in [6, 6.07) is 0. The maximum atomic E-state index is 12.1. The molecule has 0 radical (unpaired) electrons. The van der Waals surface area contributed by atoms with E-state index in [9.17, 15) is 24.3 Å². The first-order valence-corrected chi connectivity index (χ1v) is 17.4. The Labute approximate surface area is 265 Å². The number of thiophene rings is 1. The van der Waals surface area contributed by atoms with Crippen molar-refractivity contribution in [1.82, 2.24) is 0 Å². The monoisotopic (exact) mass is 632 g/mol. The zero-order chi connectivity index (χ0) is 32.1. The summed E-state index contributed by atoms with van der Waals surface area (Å²) >= 11 is 2.69. The van der Waals surface area contributed by atoms with Crippen LogP contribution in [0, 0.1) is 29.1 Å². The molecule has 0 spiro atoms. The number of carboxylic acid groups (broad SMARTS) is 3. The maximum Gasteiger partial charge on any atom is 0.346 e. The van der Waals surface area contributed by atoms with E-state index in [0.29, 0.717) is 23.3 Å². The summed E-state index contributed by atoms with van der Waals surface area (Å²) in [6.07, 6.45) is 18.0. The molecule has 0 atom stereocenters. The van der Waals surface area contributed by atoms with Gasteiger partial charge in [0.1, 0.15) is 4.88 Å². The molecule has 0 fully saturated rings. The van der Waals surface area contributed by atoms with E-state index in [1.165, 1.54) is 23.1 Å². The van der Waals surface area contributed by atoms with Gasteiger partial charge in [0.25, 0.3) is 0 Å². The lowest BCUT2D eigenvalue weighted by atomic mass is 9.74. The number of aliphatic carboxylic acids is 2. The van der Waals surface area contributed by atoms with Crippen LogP contribution in [0.25, 0.3) is 0 Å². The van der Waals surface area contributed by atoms with Crippen molar-refractivity contribution in [3.05, 3.63) is 16.0 Å². The van der Waals surface area contributed by atoms with Crippen LogP contribution in [0.2, 0.25) is 0 Å². The number of Topliss-reactive ketones (excluding diaryl/α,β-unsaturated/α-hetero) is 1. The number of carboxylic acids is 3. The second-order valence-corrected chi connectivity index (χ2v) is 13.8. The molecule has 1 aromatic heterocycles. The Morgan fingerprint density at radius 3 is 1.60 bits per heavy atom. The normalized spacial score (nSPS) is 13.0. The fourth-order valence-corrected chi connectivity index (χ4v) is 6.81. The van der Waals surface area contributed by atoms with Crippen molar-refractivity contribution in [2.45, 2.75) is 134 Å². The molecular formula is C34H48O7S2. The molecule has 1 aliphatic rings. The molecule has 2 rings (SSSR count). The van der Waals surface area contributed by atoms with E-state index >= 15 is 0 Å². The van der Waals surface area contributed by atoms with E-state index in [1.807, 2.05) is 20.1 Å². The third-order valence-electron chi connectivity index (χ3n) is 7.05. The molecule has 7 nitrogen and oxygen atoms in total. The Hall–Kier alpha value is -2.75. The van der Waals surface area contributed by atoms with E-state index < -0.39 is 17.9 Å². The summed E-state index contributed by atoms with van der Waals surface area (Å²) < 4.78 is 0.845. The van der Waals surface area contributed by atoms with Gasteiger partial charge in [0.15, 0.2) is 5.78 Å². The SMILES string of the molecule is CSc1sc(C(=O)O)c2c1C(=O)CC(C)(C)C2.O=C(O)CCCCCCCCC#CC#CCCCCCCCCC(=O)O. The van der Waals surface area contributed by atoms with Gasteiger partial charge in [-0.3, -0.25) is 14.4 Å². The zero-order valence-electron chi connectivity index (χ0n) is 26.0. The quantitative estimate of drug-likeness (QED) is 0.0832. The molecule has 238 valence electrons. The van der Waals surface area contributed by atoms with Crippen molar-refractivity contribution < 1.29 is 34.5 Å². The Kier molecular flexibility index (Phi) is 19.5. The maximum absolute atomic E-state index is 12.1. The molecule has 0 saturated carbocycles. The Morgan fingerprint density at radius 1 is 0.744 bits per heavy atom. The number of hydrogen-bond acceptors (Lipinski definition) is 6. The van der Waals surface area contributed by atoms with Gasteiger partial charge in [-0.2, -0.15) is 0 Å². The van der Waals surface area contributed by atoms with E-state index in [2.05, 4.69) is 23.7 Å². The number of fused-ring (bicyclic) bond motifs is 1. The predicted octanol–water partition coefficient (Wildman–Crippen LogP) is 8.73. The molecule has 1 aromatic rings. The van der Waals surface area contributed by atoms with Gasteiger partial charge in [-0.15, -0.1) is 23.1 Å². The fraction of sp³-hybridized carbons (Fsp3) is 0.647. The molecule has 43 heavy (non-hydrogen) atoms. The number of ketones is 1. The van der Waals surface area contributed by atoms with Gasteiger partial charge in [-0.25, -0.2) is 4.79 Å². The minimum Gasteiger partial charge on any atom is -0.481 e. The number of carbonyl (C=O) groups excluding carboxylic acids is 1. The molecule has 3 N–H and O–H groups in total. The summed E-state index contributed by atoms with van der Waals surface area (Å²) in [7, 11) is 0.